The van der Waals surface area contributed by atoms with Gasteiger partial charge in [-0.2, -0.15) is 4.80 Å². The van der Waals surface area contributed by atoms with Gasteiger partial charge in [0.05, 0.1) is 25.0 Å². The second-order valence-electron chi connectivity index (χ2n) is 6.87. The van der Waals surface area contributed by atoms with Crippen LogP contribution >= 0.6 is 23.8 Å². The first kappa shape index (κ1) is 22.5. The predicted molar refractivity (Wildman–Crippen MR) is 132 cm³/mol. The van der Waals surface area contributed by atoms with E-state index in [0.29, 0.717) is 34.1 Å². The smallest absolute Gasteiger partial charge is 0.261 e. The summed E-state index contributed by atoms with van der Waals surface area (Å²) in [6.45, 7) is 2.54. The Bertz CT molecular complexity index is 1320. The molecule has 0 unspecified atom stereocenters. The van der Waals surface area contributed by atoms with Crippen LogP contribution in [0.3, 0.4) is 0 Å². The summed E-state index contributed by atoms with van der Waals surface area (Å²) in [6, 6.07) is 17.7. The van der Waals surface area contributed by atoms with Crippen molar-refractivity contribution in [3.63, 3.8) is 0 Å². The molecule has 0 aliphatic carbocycles. The van der Waals surface area contributed by atoms with Crippen LogP contribution < -0.4 is 20.1 Å². The molecule has 2 N–H and O–H groups in total. The Kier molecular flexibility index (Phi) is 6.71. The van der Waals surface area contributed by atoms with Crippen LogP contribution in [0.25, 0.3) is 16.7 Å². The van der Waals surface area contributed by atoms with E-state index in [-0.39, 0.29) is 10.7 Å². The lowest BCUT2D eigenvalue weighted by atomic mass is 10.2. The molecule has 0 aliphatic rings. The third kappa shape index (κ3) is 5.21. The van der Waals surface area contributed by atoms with E-state index in [4.69, 9.17) is 33.3 Å². The van der Waals surface area contributed by atoms with E-state index in [1.54, 1.807) is 29.1 Å². The highest BCUT2D eigenvalue weighted by Gasteiger charge is 2.15. The monoisotopic (exact) mass is 481 g/mol. The molecule has 0 bridgehead atoms. The van der Waals surface area contributed by atoms with Gasteiger partial charge >= 0.3 is 0 Å². The molecule has 0 radical (unpaired) electrons. The van der Waals surface area contributed by atoms with Crippen molar-refractivity contribution in [2.45, 2.75) is 6.92 Å². The number of thiocarbonyl (C=S) groups is 1. The van der Waals surface area contributed by atoms with Crippen LogP contribution in [0.4, 0.5) is 5.69 Å². The van der Waals surface area contributed by atoms with E-state index >= 15 is 0 Å². The number of anilines is 1. The molecule has 10 heteroatoms. The number of halogens is 1. The molecule has 168 valence electrons. The minimum Gasteiger partial charge on any atom is -0.496 e. The minimum atomic E-state index is -0.436. The SMILES string of the molecule is CCOc1ccc(-n2nc3ccc(NC(=S)NC(=O)c4cc(Cl)ccc4OC)cc3n2)cc1. The summed E-state index contributed by atoms with van der Waals surface area (Å²) >= 11 is 11.3. The fourth-order valence-electron chi connectivity index (χ4n) is 3.14. The molecule has 0 saturated heterocycles. The summed E-state index contributed by atoms with van der Waals surface area (Å²) in [5.74, 6) is 0.747. The topological polar surface area (TPSA) is 90.3 Å². The molecule has 0 fully saturated rings. The van der Waals surface area contributed by atoms with Crippen molar-refractivity contribution in [2.75, 3.05) is 19.0 Å². The lowest BCUT2D eigenvalue weighted by molar-refractivity contribution is 0.0975. The summed E-state index contributed by atoms with van der Waals surface area (Å²) < 4.78 is 10.7. The lowest BCUT2D eigenvalue weighted by Crippen LogP contribution is -2.34. The first-order chi connectivity index (χ1) is 16.0. The van der Waals surface area contributed by atoms with Gasteiger partial charge in [0, 0.05) is 10.7 Å². The van der Waals surface area contributed by atoms with Crippen molar-refractivity contribution in [1.82, 2.24) is 20.3 Å². The molecule has 1 amide bonds. The van der Waals surface area contributed by atoms with Gasteiger partial charge in [0.1, 0.15) is 22.5 Å². The first-order valence-electron chi connectivity index (χ1n) is 10.0. The Balaban J connectivity index is 1.47. The third-order valence-corrected chi connectivity index (χ3v) is 5.09. The molecular weight excluding hydrogens is 462 g/mol. The van der Waals surface area contributed by atoms with Crippen molar-refractivity contribution in [3.8, 4) is 17.2 Å². The number of hydrogen-bond acceptors (Lipinski definition) is 6. The quantitative estimate of drug-likeness (QED) is 0.389. The summed E-state index contributed by atoms with van der Waals surface area (Å²) in [5, 5.41) is 15.2. The number of carbonyl (C=O) groups excluding carboxylic acids is 1. The summed E-state index contributed by atoms with van der Waals surface area (Å²) in [7, 11) is 1.48. The molecule has 4 aromatic rings. The van der Waals surface area contributed by atoms with Crippen LogP contribution in [-0.2, 0) is 0 Å². The van der Waals surface area contributed by atoms with Crippen molar-refractivity contribution in [1.29, 1.82) is 0 Å². The van der Waals surface area contributed by atoms with Gasteiger partial charge in [-0.25, -0.2) is 0 Å². The fourth-order valence-corrected chi connectivity index (χ4v) is 3.52. The van der Waals surface area contributed by atoms with Crippen molar-refractivity contribution >= 4 is 51.6 Å². The van der Waals surface area contributed by atoms with E-state index < -0.39 is 5.91 Å². The molecule has 33 heavy (non-hydrogen) atoms. The lowest BCUT2D eigenvalue weighted by Gasteiger charge is -2.12. The predicted octanol–water partition coefficient (Wildman–Crippen LogP) is 4.61. The van der Waals surface area contributed by atoms with Crippen LogP contribution in [0.1, 0.15) is 17.3 Å². The number of fused-ring (bicyclic) bond motifs is 1. The zero-order chi connectivity index (χ0) is 23.4. The average molecular weight is 482 g/mol. The number of ether oxygens (including phenoxy) is 2. The maximum atomic E-state index is 12.6. The van der Waals surface area contributed by atoms with Crippen LogP contribution in [0, 0.1) is 0 Å². The summed E-state index contributed by atoms with van der Waals surface area (Å²) in [5.41, 5.74) is 3.13. The normalized spacial score (nSPS) is 10.6. The Labute approximate surface area is 200 Å². The number of benzene rings is 3. The maximum Gasteiger partial charge on any atom is 0.261 e. The Morgan fingerprint density at radius 1 is 1.06 bits per heavy atom. The third-order valence-electron chi connectivity index (χ3n) is 4.65. The van der Waals surface area contributed by atoms with E-state index in [0.717, 1.165) is 11.4 Å². The fraction of sp³-hybridized carbons (Fsp3) is 0.130. The minimum absolute atomic E-state index is 0.125. The summed E-state index contributed by atoms with van der Waals surface area (Å²) in [6.07, 6.45) is 0. The molecule has 8 nitrogen and oxygen atoms in total. The number of rotatable bonds is 6. The van der Waals surface area contributed by atoms with Crippen molar-refractivity contribution < 1.29 is 14.3 Å². The van der Waals surface area contributed by atoms with Gasteiger partial charge in [0.15, 0.2) is 5.11 Å². The molecular formula is C23H20ClN5O3S. The van der Waals surface area contributed by atoms with Crippen LogP contribution in [0.2, 0.25) is 5.02 Å². The maximum absolute atomic E-state index is 12.6. The molecule has 1 aromatic heterocycles. The zero-order valence-electron chi connectivity index (χ0n) is 17.8. The number of nitrogens with zero attached hydrogens (tertiary/aromatic N) is 3. The number of nitrogens with one attached hydrogen (secondary N) is 2. The number of hydrogen-bond donors (Lipinski definition) is 2. The van der Waals surface area contributed by atoms with Gasteiger partial charge in [-0.05, 0) is 79.8 Å². The highest BCUT2D eigenvalue weighted by molar-refractivity contribution is 7.80. The van der Waals surface area contributed by atoms with Gasteiger partial charge in [0.2, 0.25) is 0 Å². The molecule has 4 rings (SSSR count). The largest absolute Gasteiger partial charge is 0.496 e. The van der Waals surface area contributed by atoms with Crippen LogP contribution in [0.5, 0.6) is 11.5 Å². The Morgan fingerprint density at radius 2 is 1.82 bits per heavy atom. The summed E-state index contributed by atoms with van der Waals surface area (Å²) in [4.78, 5) is 14.2. The second-order valence-corrected chi connectivity index (χ2v) is 7.72. The Hall–Kier alpha value is -3.69. The highest BCUT2D eigenvalue weighted by Crippen LogP contribution is 2.23. The van der Waals surface area contributed by atoms with Crippen LogP contribution in [-0.4, -0.2) is 39.7 Å². The molecule has 3 aromatic carbocycles. The number of amides is 1. The standard InChI is InChI=1S/C23H20ClN5O3S/c1-3-32-17-8-6-16(7-9-17)29-27-19-10-5-15(13-20(19)28-29)25-23(33)26-22(30)18-12-14(24)4-11-21(18)31-2/h4-13H,3H2,1-2H3,(H2,25,26,30,33). The van der Waals surface area contributed by atoms with Gasteiger partial charge in [-0.1, -0.05) is 11.6 Å². The van der Waals surface area contributed by atoms with Crippen molar-refractivity contribution in [2.24, 2.45) is 0 Å². The van der Waals surface area contributed by atoms with Gasteiger partial charge < -0.3 is 14.8 Å². The molecule has 0 saturated carbocycles. The highest BCUT2D eigenvalue weighted by atomic mass is 35.5. The number of methoxy groups -OCH3 is 1. The van der Waals surface area contributed by atoms with E-state index in [1.807, 2.05) is 37.3 Å². The second kappa shape index (κ2) is 9.85. The number of carbonyl (C=O) groups is 1. The van der Waals surface area contributed by atoms with Crippen LogP contribution in [0.15, 0.2) is 60.7 Å². The van der Waals surface area contributed by atoms with E-state index in [2.05, 4.69) is 20.8 Å². The van der Waals surface area contributed by atoms with Gasteiger partial charge in [-0.15, -0.1) is 10.2 Å². The Morgan fingerprint density at radius 3 is 2.55 bits per heavy atom. The molecule has 0 spiro atoms. The van der Waals surface area contributed by atoms with Gasteiger partial charge in [-0.3, -0.25) is 10.1 Å². The van der Waals surface area contributed by atoms with Gasteiger partial charge in [0.25, 0.3) is 5.91 Å². The molecule has 0 atom stereocenters. The molecule has 1 heterocycles. The zero-order valence-corrected chi connectivity index (χ0v) is 19.4. The van der Waals surface area contributed by atoms with Crippen molar-refractivity contribution in [3.05, 3.63) is 71.2 Å². The van der Waals surface area contributed by atoms with E-state index in [1.165, 1.54) is 13.2 Å². The van der Waals surface area contributed by atoms with E-state index in [9.17, 15) is 4.79 Å². The first-order valence-corrected chi connectivity index (χ1v) is 10.8. The molecule has 0 aliphatic heterocycles. The number of aromatic nitrogens is 3. The average Bonchev–Trinajstić information content (AvgIpc) is 3.23.